The number of aliphatic imine (C=N–C) groups is 1. The van der Waals surface area contributed by atoms with Gasteiger partial charge in [-0.05, 0) is 12.1 Å². The third-order valence-electron chi connectivity index (χ3n) is 1.31. The van der Waals surface area contributed by atoms with Gasteiger partial charge >= 0.3 is 0 Å². The minimum Gasteiger partial charge on any atom is -0.264 e. The zero-order valence-corrected chi connectivity index (χ0v) is 7.44. The van der Waals surface area contributed by atoms with Crippen LogP contribution in [0.4, 0.5) is 5.69 Å². The molecule has 0 radical (unpaired) electrons. The Bertz CT molecular complexity index is 339. The van der Waals surface area contributed by atoms with E-state index < -0.39 is 4.92 Å². The average molecular weight is 199 g/mol. The van der Waals surface area contributed by atoms with Crippen molar-refractivity contribution in [2.45, 2.75) is 0 Å². The molecule has 0 bridgehead atoms. The van der Waals surface area contributed by atoms with E-state index in [1.54, 1.807) is 24.3 Å². The van der Waals surface area contributed by atoms with E-state index in [0.717, 1.165) is 0 Å². The minimum atomic E-state index is -0.458. The fourth-order valence-electron chi connectivity index (χ4n) is 0.762. The van der Waals surface area contributed by atoms with Crippen LogP contribution in [-0.2, 0) is 0 Å². The van der Waals surface area contributed by atoms with Crippen molar-refractivity contribution >= 4 is 23.5 Å². The van der Waals surface area contributed by atoms with E-state index in [2.05, 4.69) is 4.99 Å². The van der Waals surface area contributed by atoms with Gasteiger partial charge in [0.15, 0.2) is 0 Å². The van der Waals surface area contributed by atoms with Crippen LogP contribution in [0.5, 0.6) is 0 Å². The Balaban J connectivity index is 2.68. The van der Waals surface area contributed by atoms with Gasteiger partial charge in [-0.1, -0.05) is 23.7 Å². The van der Waals surface area contributed by atoms with E-state index in [-0.39, 0.29) is 6.54 Å². The van der Waals surface area contributed by atoms with Gasteiger partial charge in [-0.25, -0.2) is 0 Å². The molecule has 0 amide bonds. The van der Waals surface area contributed by atoms with Gasteiger partial charge in [-0.15, -0.1) is 0 Å². The van der Waals surface area contributed by atoms with Crippen LogP contribution < -0.4 is 0 Å². The predicted octanol–water partition coefficient (Wildman–Crippen LogP) is 2.32. The monoisotopic (exact) mass is 198 g/mol. The quantitative estimate of drug-likeness (QED) is 0.425. The fraction of sp³-hybridized carbons (Fsp3) is 0.125. The number of nitro groups is 1. The zero-order chi connectivity index (χ0) is 9.68. The molecule has 0 N–H and O–H groups in total. The number of para-hydroxylation sites is 1. The molecule has 68 valence electrons. The standard InChI is InChI=1S/C8H7ClN2O2/c9-7-3-1-2-4-8(7)10-5-6-11(12)13/h1-5H,6H2. The lowest BCUT2D eigenvalue weighted by atomic mass is 10.3. The van der Waals surface area contributed by atoms with Gasteiger partial charge in [0.1, 0.15) is 0 Å². The molecule has 1 aromatic carbocycles. The Morgan fingerprint density at radius 1 is 1.54 bits per heavy atom. The molecule has 0 saturated carbocycles. The summed E-state index contributed by atoms with van der Waals surface area (Å²) in [5.41, 5.74) is 0.547. The first-order valence-corrected chi connectivity index (χ1v) is 3.97. The Morgan fingerprint density at radius 3 is 2.85 bits per heavy atom. The van der Waals surface area contributed by atoms with E-state index in [4.69, 9.17) is 11.6 Å². The topological polar surface area (TPSA) is 55.5 Å². The number of hydrogen-bond donors (Lipinski definition) is 0. The summed E-state index contributed by atoms with van der Waals surface area (Å²) in [6.07, 6.45) is 1.22. The molecule has 0 aliphatic heterocycles. The van der Waals surface area contributed by atoms with Gasteiger partial charge in [0, 0.05) is 4.92 Å². The summed E-state index contributed by atoms with van der Waals surface area (Å²) in [7, 11) is 0. The number of hydrogen-bond acceptors (Lipinski definition) is 3. The summed E-state index contributed by atoms with van der Waals surface area (Å²) < 4.78 is 0. The maximum Gasteiger partial charge on any atom is 0.238 e. The molecule has 13 heavy (non-hydrogen) atoms. The summed E-state index contributed by atoms with van der Waals surface area (Å²) in [5.74, 6) is 0. The number of rotatable bonds is 3. The maximum absolute atomic E-state index is 9.96. The molecule has 5 heteroatoms. The molecule has 0 spiro atoms. The normalized spacial score (nSPS) is 10.5. The van der Waals surface area contributed by atoms with Crippen molar-refractivity contribution in [2.75, 3.05) is 6.54 Å². The van der Waals surface area contributed by atoms with E-state index in [0.29, 0.717) is 10.7 Å². The number of nitrogens with zero attached hydrogens (tertiary/aromatic N) is 2. The molecule has 0 heterocycles. The van der Waals surface area contributed by atoms with E-state index in [1.165, 1.54) is 6.21 Å². The van der Waals surface area contributed by atoms with Crippen LogP contribution in [0, 0.1) is 10.1 Å². The van der Waals surface area contributed by atoms with E-state index in [1.807, 2.05) is 0 Å². The van der Waals surface area contributed by atoms with Gasteiger partial charge in [0.05, 0.1) is 16.9 Å². The third kappa shape index (κ3) is 3.21. The van der Waals surface area contributed by atoms with Crippen LogP contribution in [0.1, 0.15) is 0 Å². The maximum atomic E-state index is 9.96. The molecule has 1 aromatic rings. The molecule has 0 unspecified atom stereocenters. The van der Waals surface area contributed by atoms with Crippen molar-refractivity contribution in [1.29, 1.82) is 0 Å². The first-order valence-electron chi connectivity index (χ1n) is 3.59. The van der Waals surface area contributed by atoms with Crippen molar-refractivity contribution in [3.8, 4) is 0 Å². The van der Waals surface area contributed by atoms with Gasteiger partial charge in [0.2, 0.25) is 6.54 Å². The van der Waals surface area contributed by atoms with Crippen molar-refractivity contribution < 1.29 is 4.92 Å². The highest BCUT2D eigenvalue weighted by molar-refractivity contribution is 6.33. The number of benzene rings is 1. The summed E-state index contributed by atoms with van der Waals surface area (Å²) in [5, 5.41) is 10.4. The lowest BCUT2D eigenvalue weighted by Crippen LogP contribution is -2.00. The zero-order valence-electron chi connectivity index (χ0n) is 6.68. The Kier molecular flexibility index (Phi) is 3.40. The summed E-state index contributed by atoms with van der Waals surface area (Å²) in [6.45, 7) is -0.286. The number of halogens is 1. The first kappa shape index (κ1) is 9.67. The highest BCUT2D eigenvalue weighted by atomic mass is 35.5. The lowest BCUT2D eigenvalue weighted by molar-refractivity contribution is -0.462. The molecular weight excluding hydrogens is 192 g/mol. The van der Waals surface area contributed by atoms with Crippen LogP contribution in [0.2, 0.25) is 5.02 Å². The van der Waals surface area contributed by atoms with Crippen LogP contribution >= 0.6 is 11.6 Å². The Labute approximate surface area is 80.0 Å². The lowest BCUT2D eigenvalue weighted by Gasteiger charge is -1.94. The third-order valence-corrected chi connectivity index (χ3v) is 1.63. The second-order valence-electron chi connectivity index (χ2n) is 2.28. The average Bonchev–Trinajstić information content (AvgIpc) is 2.08. The predicted molar refractivity (Wildman–Crippen MR) is 51.5 cm³/mol. The molecule has 0 aliphatic rings. The molecule has 0 aliphatic carbocycles. The Hall–Kier alpha value is -1.42. The van der Waals surface area contributed by atoms with Crippen LogP contribution in [0.3, 0.4) is 0 Å². The molecule has 4 nitrogen and oxygen atoms in total. The van der Waals surface area contributed by atoms with Crippen LogP contribution in [0.15, 0.2) is 29.3 Å². The molecule has 0 fully saturated rings. The van der Waals surface area contributed by atoms with Crippen molar-refractivity contribution in [1.82, 2.24) is 0 Å². The second-order valence-corrected chi connectivity index (χ2v) is 2.69. The van der Waals surface area contributed by atoms with Gasteiger partial charge in [-0.2, -0.15) is 0 Å². The SMILES string of the molecule is O=[N+]([O-])CC=Nc1ccccc1Cl. The van der Waals surface area contributed by atoms with Crippen molar-refractivity contribution in [2.24, 2.45) is 4.99 Å². The molecule has 0 atom stereocenters. The summed E-state index contributed by atoms with van der Waals surface area (Å²) in [6, 6.07) is 6.92. The molecule has 0 aromatic heterocycles. The van der Waals surface area contributed by atoms with Crippen LogP contribution in [-0.4, -0.2) is 17.7 Å². The fourth-order valence-corrected chi connectivity index (χ4v) is 0.947. The highest BCUT2D eigenvalue weighted by Crippen LogP contribution is 2.22. The largest absolute Gasteiger partial charge is 0.264 e. The van der Waals surface area contributed by atoms with Crippen molar-refractivity contribution in [3.63, 3.8) is 0 Å². The van der Waals surface area contributed by atoms with E-state index in [9.17, 15) is 10.1 Å². The summed E-state index contributed by atoms with van der Waals surface area (Å²) >= 11 is 5.76. The van der Waals surface area contributed by atoms with Gasteiger partial charge < -0.3 is 0 Å². The van der Waals surface area contributed by atoms with Crippen molar-refractivity contribution in [3.05, 3.63) is 39.4 Å². The highest BCUT2D eigenvalue weighted by Gasteiger charge is 1.95. The van der Waals surface area contributed by atoms with Crippen LogP contribution in [0.25, 0.3) is 0 Å². The molecule has 0 saturated heterocycles. The van der Waals surface area contributed by atoms with Gasteiger partial charge in [0.25, 0.3) is 0 Å². The first-order chi connectivity index (χ1) is 6.20. The Morgan fingerprint density at radius 2 is 2.23 bits per heavy atom. The minimum absolute atomic E-state index is 0.286. The smallest absolute Gasteiger partial charge is 0.238 e. The molecule has 1 rings (SSSR count). The second kappa shape index (κ2) is 4.57. The molecular formula is C8H7ClN2O2. The van der Waals surface area contributed by atoms with E-state index >= 15 is 0 Å². The van der Waals surface area contributed by atoms with Gasteiger partial charge in [-0.3, -0.25) is 15.1 Å². The summed E-state index contributed by atoms with van der Waals surface area (Å²) in [4.78, 5) is 13.3.